The molecular formula is C23H19N3O7. The Bertz CT molecular complexity index is 1200. The number of carbonyl (C=O) groups is 2. The smallest absolute Gasteiger partial charge is 0.343 e. The van der Waals surface area contributed by atoms with Crippen molar-refractivity contribution in [2.24, 2.45) is 5.10 Å². The molecule has 0 saturated heterocycles. The predicted octanol–water partition coefficient (Wildman–Crippen LogP) is 1.86. The van der Waals surface area contributed by atoms with Gasteiger partial charge in [-0.1, -0.05) is 24.3 Å². The van der Waals surface area contributed by atoms with Crippen LogP contribution in [0.1, 0.15) is 15.9 Å². The highest BCUT2D eigenvalue weighted by Gasteiger charge is 2.17. The average Bonchev–Trinajstić information content (AvgIpc) is 3.31. The fraction of sp³-hybridized carbons (Fsp3) is 0.0870. The molecule has 0 atom stereocenters. The van der Waals surface area contributed by atoms with Crippen LogP contribution in [0, 0.1) is 5.21 Å². The highest BCUT2D eigenvalue weighted by atomic mass is 16.7. The summed E-state index contributed by atoms with van der Waals surface area (Å²) in [6.45, 7) is -0.195. The van der Waals surface area contributed by atoms with Gasteiger partial charge >= 0.3 is 5.97 Å². The molecule has 0 fully saturated rings. The maximum Gasteiger partial charge on any atom is 0.343 e. The SMILES string of the molecule is O=C(COc1ccccc1[NH2+][O-])N/N=C/c1cccc(OC(=O)c2ccc3c(c2)OCO3)c1. The number of hydrogen-bond donors (Lipinski definition) is 2. The molecule has 168 valence electrons. The number of nitrogens with zero attached hydrogens (tertiary/aromatic N) is 1. The number of ether oxygens (including phenoxy) is 4. The van der Waals surface area contributed by atoms with Crippen molar-refractivity contribution in [3.05, 3.63) is 83.1 Å². The van der Waals surface area contributed by atoms with Gasteiger partial charge in [0.15, 0.2) is 29.5 Å². The van der Waals surface area contributed by atoms with Gasteiger partial charge in [0.25, 0.3) is 5.91 Å². The van der Waals surface area contributed by atoms with Crippen molar-refractivity contribution >= 4 is 23.8 Å². The Balaban J connectivity index is 1.30. The number of nitrogens with two attached hydrogens (primary N) is 1. The maximum atomic E-state index is 12.4. The molecule has 0 aromatic heterocycles. The second-order valence-electron chi connectivity index (χ2n) is 6.77. The Kier molecular flexibility index (Phi) is 6.78. The van der Waals surface area contributed by atoms with E-state index in [1.54, 1.807) is 66.7 Å². The highest BCUT2D eigenvalue weighted by Crippen LogP contribution is 2.32. The molecule has 0 bridgehead atoms. The van der Waals surface area contributed by atoms with Crippen molar-refractivity contribution < 1.29 is 34.0 Å². The fourth-order valence-corrected chi connectivity index (χ4v) is 2.91. The second kappa shape index (κ2) is 10.3. The molecule has 0 aliphatic carbocycles. The van der Waals surface area contributed by atoms with Gasteiger partial charge in [0.05, 0.1) is 11.8 Å². The first-order valence-electron chi connectivity index (χ1n) is 9.83. The Hall–Kier alpha value is -4.41. The van der Waals surface area contributed by atoms with Crippen molar-refractivity contribution in [3.63, 3.8) is 0 Å². The predicted molar refractivity (Wildman–Crippen MR) is 117 cm³/mol. The number of carbonyl (C=O) groups excluding carboxylic acids is 2. The third-order valence-electron chi connectivity index (χ3n) is 4.48. The number of rotatable bonds is 8. The Labute approximate surface area is 188 Å². The number of hydrazone groups is 1. The Morgan fingerprint density at radius 1 is 1.06 bits per heavy atom. The molecule has 1 amide bonds. The molecule has 0 saturated carbocycles. The first kappa shape index (κ1) is 21.8. The summed E-state index contributed by atoms with van der Waals surface area (Å²) in [5, 5.41) is 14.8. The van der Waals surface area contributed by atoms with Gasteiger partial charge in [0, 0.05) is 6.07 Å². The lowest BCUT2D eigenvalue weighted by molar-refractivity contribution is -0.497. The molecule has 3 aromatic carbocycles. The zero-order chi connectivity index (χ0) is 23.0. The minimum atomic E-state index is -0.552. The summed E-state index contributed by atoms with van der Waals surface area (Å²) in [6.07, 6.45) is 1.40. The fourth-order valence-electron chi connectivity index (χ4n) is 2.91. The minimum absolute atomic E-state index is 0.115. The number of fused-ring (bicyclic) bond motifs is 1. The summed E-state index contributed by atoms with van der Waals surface area (Å²) in [4.78, 5) is 24.3. The van der Waals surface area contributed by atoms with E-state index in [1.807, 2.05) is 0 Å². The van der Waals surface area contributed by atoms with E-state index in [2.05, 4.69) is 10.5 Å². The lowest BCUT2D eigenvalue weighted by Gasteiger charge is -2.09. The molecule has 1 heterocycles. The van der Waals surface area contributed by atoms with Crippen molar-refractivity contribution in [2.45, 2.75) is 0 Å². The van der Waals surface area contributed by atoms with Gasteiger partial charge in [-0.2, -0.15) is 5.10 Å². The summed E-state index contributed by atoms with van der Waals surface area (Å²) in [5.74, 6) is 0.621. The van der Waals surface area contributed by atoms with Gasteiger partial charge in [-0.25, -0.2) is 10.2 Å². The highest BCUT2D eigenvalue weighted by molar-refractivity contribution is 5.92. The van der Waals surface area contributed by atoms with Crippen LogP contribution < -0.4 is 29.9 Å². The monoisotopic (exact) mass is 449 g/mol. The van der Waals surface area contributed by atoms with Crippen LogP contribution in [0.25, 0.3) is 0 Å². The molecular weight excluding hydrogens is 430 g/mol. The number of esters is 1. The zero-order valence-electron chi connectivity index (χ0n) is 17.2. The van der Waals surface area contributed by atoms with Crippen LogP contribution in [-0.2, 0) is 4.79 Å². The van der Waals surface area contributed by atoms with E-state index in [1.165, 1.54) is 6.21 Å². The van der Waals surface area contributed by atoms with Crippen LogP contribution >= 0.6 is 0 Å². The van der Waals surface area contributed by atoms with E-state index in [9.17, 15) is 14.8 Å². The molecule has 0 spiro atoms. The van der Waals surface area contributed by atoms with Crippen molar-refractivity contribution in [2.75, 3.05) is 13.4 Å². The van der Waals surface area contributed by atoms with Gasteiger partial charge < -0.3 is 29.6 Å². The standard InChI is InChI=1S/C23H19N3O7/c27-22(13-30-19-7-2-1-6-18(19)26-29)25-24-12-15-4-3-5-17(10-15)33-23(28)16-8-9-20-21(11-16)32-14-31-20/h1-12H,13-14,26H2,(H,25,27)/b24-12+. The Morgan fingerprint density at radius 2 is 1.91 bits per heavy atom. The summed E-state index contributed by atoms with van der Waals surface area (Å²) in [6, 6.07) is 18.0. The van der Waals surface area contributed by atoms with E-state index in [-0.39, 0.29) is 13.4 Å². The molecule has 1 aliphatic heterocycles. The van der Waals surface area contributed by atoms with E-state index in [0.717, 1.165) is 0 Å². The van der Waals surface area contributed by atoms with E-state index >= 15 is 0 Å². The summed E-state index contributed by atoms with van der Waals surface area (Å²) in [7, 11) is 0. The maximum absolute atomic E-state index is 12.4. The van der Waals surface area contributed by atoms with Gasteiger partial charge in [0.2, 0.25) is 6.79 Å². The second-order valence-corrected chi connectivity index (χ2v) is 6.77. The number of para-hydroxylation sites is 1. The third kappa shape index (κ3) is 5.64. The van der Waals surface area contributed by atoms with Crippen LogP contribution in [0.4, 0.5) is 5.69 Å². The van der Waals surface area contributed by atoms with Crippen LogP contribution in [-0.4, -0.2) is 31.5 Å². The number of nitrogens with one attached hydrogen (secondary N) is 1. The third-order valence-corrected chi connectivity index (χ3v) is 4.48. The molecule has 0 radical (unpaired) electrons. The number of benzene rings is 3. The number of amides is 1. The summed E-state index contributed by atoms with van der Waals surface area (Å²) < 4.78 is 21.2. The zero-order valence-corrected chi connectivity index (χ0v) is 17.2. The molecule has 10 heteroatoms. The van der Waals surface area contributed by atoms with E-state index in [4.69, 9.17) is 18.9 Å². The summed E-state index contributed by atoms with van der Waals surface area (Å²) in [5.41, 5.74) is 4.25. The quantitative estimate of drug-likeness (QED) is 0.176. The van der Waals surface area contributed by atoms with E-state index < -0.39 is 11.9 Å². The molecule has 4 rings (SSSR count). The number of quaternary nitrogens is 1. The van der Waals surface area contributed by atoms with Crippen LogP contribution in [0.2, 0.25) is 0 Å². The lowest BCUT2D eigenvalue weighted by atomic mass is 10.2. The topological polar surface area (TPSA) is 135 Å². The normalized spacial score (nSPS) is 11.9. The summed E-state index contributed by atoms with van der Waals surface area (Å²) >= 11 is 0. The van der Waals surface area contributed by atoms with E-state index in [0.29, 0.717) is 45.3 Å². The number of hydrogen-bond acceptors (Lipinski definition) is 8. The molecule has 10 nitrogen and oxygen atoms in total. The minimum Gasteiger partial charge on any atom is -0.630 e. The Morgan fingerprint density at radius 3 is 2.79 bits per heavy atom. The first-order chi connectivity index (χ1) is 16.1. The van der Waals surface area contributed by atoms with Crippen molar-refractivity contribution in [3.8, 4) is 23.0 Å². The average molecular weight is 449 g/mol. The molecule has 33 heavy (non-hydrogen) atoms. The van der Waals surface area contributed by atoms with Crippen LogP contribution in [0.3, 0.4) is 0 Å². The molecule has 3 aromatic rings. The largest absolute Gasteiger partial charge is 0.630 e. The molecule has 1 aliphatic rings. The van der Waals surface area contributed by atoms with Crippen molar-refractivity contribution in [1.82, 2.24) is 5.43 Å². The van der Waals surface area contributed by atoms with Gasteiger partial charge in [0.1, 0.15) is 5.75 Å². The molecule has 0 unspecified atom stereocenters. The van der Waals surface area contributed by atoms with Crippen molar-refractivity contribution in [1.29, 1.82) is 0 Å². The first-order valence-corrected chi connectivity index (χ1v) is 9.83. The van der Waals surface area contributed by atoms with Gasteiger partial charge in [-0.15, -0.1) is 0 Å². The van der Waals surface area contributed by atoms with Crippen LogP contribution in [0.5, 0.6) is 23.0 Å². The molecule has 3 N–H and O–H groups in total. The van der Waals surface area contributed by atoms with Crippen LogP contribution in [0.15, 0.2) is 71.8 Å². The van der Waals surface area contributed by atoms with Gasteiger partial charge in [-0.3, -0.25) is 4.79 Å². The lowest BCUT2D eigenvalue weighted by Crippen LogP contribution is -2.70. The van der Waals surface area contributed by atoms with Gasteiger partial charge in [-0.05, 0) is 42.0 Å².